The summed E-state index contributed by atoms with van der Waals surface area (Å²) < 4.78 is 9.88. The maximum atomic E-state index is 5.75. The SMILES string of the molecule is CCCn1cc(-c2cncn2CC2CNCCO2)cn1. The smallest absolute Gasteiger partial charge is 0.0951 e. The van der Waals surface area contributed by atoms with E-state index >= 15 is 0 Å². The van der Waals surface area contributed by atoms with E-state index in [2.05, 4.69) is 33.1 Å². The van der Waals surface area contributed by atoms with Gasteiger partial charge in [-0.25, -0.2) is 4.98 Å². The van der Waals surface area contributed by atoms with Crippen molar-refractivity contribution in [2.75, 3.05) is 19.7 Å². The first-order valence-electron chi connectivity index (χ1n) is 7.22. The summed E-state index contributed by atoms with van der Waals surface area (Å²) in [4.78, 5) is 4.27. The lowest BCUT2D eigenvalue weighted by molar-refractivity contribution is 0.0184. The molecule has 0 amide bonds. The van der Waals surface area contributed by atoms with Gasteiger partial charge in [-0.2, -0.15) is 5.10 Å². The van der Waals surface area contributed by atoms with E-state index in [0.717, 1.165) is 50.5 Å². The molecule has 20 heavy (non-hydrogen) atoms. The highest BCUT2D eigenvalue weighted by molar-refractivity contribution is 5.56. The van der Waals surface area contributed by atoms with Crippen molar-refractivity contribution in [3.8, 4) is 11.3 Å². The molecule has 2 aromatic rings. The topological polar surface area (TPSA) is 56.9 Å². The van der Waals surface area contributed by atoms with Crippen molar-refractivity contribution in [1.29, 1.82) is 0 Å². The van der Waals surface area contributed by atoms with Crippen LogP contribution in [0, 0.1) is 0 Å². The molecule has 6 heteroatoms. The van der Waals surface area contributed by atoms with Gasteiger partial charge in [0, 0.05) is 31.4 Å². The van der Waals surface area contributed by atoms with Gasteiger partial charge in [-0.1, -0.05) is 6.92 Å². The molecule has 1 aliphatic rings. The predicted molar refractivity (Wildman–Crippen MR) is 76.3 cm³/mol. The highest BCUT2D eigenvalue weighted by Crippen LogP contribution is 2.19. The Balaban J connectivity index is 1.74. The van der Waals surface area contributed by atoms with E-state index in [0.29, 0.717) is 0 Å². The molecule has 0 spiro atoms. The van der Waals surface area contributed by atoms with E-state index in [-0.39, 0.29) is 6.10 Å². The van der Waals surface area contributed by atoms with Crippen molar-refractivity contribution in [2.24, 2.45) is 0 Å². The van der Waals surface area contributed by atoms with Crippen LogP contribution in [0.1, 0.15) is 13.3 Å². The molecule has 3 rings (SSSR count). The van der Waals surface area contributed by atoms with Gasteiger partial charge < -0.3 is 14.6 Å². The Hall–Kier alpha value is -1.66. The summed E-state index contributed by atoms with van der Waals surface area (Å²) in [6.07, 6.45) is 9.04. The molecule has 2 aromatic heterocycles. The van der Waals surface area contributed by atoms with Crippen LogP contribution in [0.2, 0.25) is 0 Å². The molecular weight excluding hydrogens is 254 g/mol. The zero-order valence-electron chi connectivity index (χ0n) is 11.8. The van der Waals surface area contributed by atoms with E-state index < -0.39 is 0 Å². The second-order valence-corrected chi connectivity index (χ2v) is 5.12. The first kappa shape index (κ1) is 13.3. The predicted octanol–water partition coefficient (Wildman–Crippen LogP) is 1.14. The molecule has 0 aromatic carbocycles. The van der Waals surface area contributed by atoms with Gasteiger partial charge in [-0.05, 0) is 6.42 Å². The molecule has 0 saturated carbocycles. The van der Waals surface area contributed by atoms with Crippen molar-refractivity contribution in [3.05, 3.63) is 24.9 Å². The van der Waals surface area contributed by atoms with Crippen LogP contribution in [-0.2, 0) is 17.8 Å². The second-order valence-electron chi connectivity index (χ2n) is 5.12. The normalized spacial score (nSPS) is 19.4. The Bertz CT molecular complexity index is 541. The monoisotopic (exact) mass is 275 g/mol. The number of rotatable bonds is 5. The molecule has 1 atom stereocenters. The molecule has 0 aliphatic carbocycles. The minimum Gasteiger partial charge on any atom is -0.374 e. The summed E-state index contributed by atoms with van der Waals surface area (Å²) in [6.45, 7) is 6.54. The first-order chi connectivity index (χ1) is 9.86. The number of aryl methyl sites for hydroxylation is 1. The molecular formula is C14H21N5O. The highest BCUT2D eigenvalue weighted by Gasteiger charge is 2.16. The molecule has 0 radical (unpaired) electrons. The molecule has 3 heterocycles. The Morgan fingerprint density at radius 3 is 3.20 bits per heavy atom. The van der Waals surface area contributed by atoms with E-state index in [4.69, 9.17) is 4.74 Å². The Morgan fingerprint density at radius 1 is 1.45 bits per heavy atom. The molecule has 1 N–H and O–H groups in total. The number of aromatic nitrogens is 4. The minimum atomic E-state index is 0.211. The lowest BCUT2D eigenvalue weighted by Crippen LogP contribution is -2.40. The van der Waals surface area contributed by atoms with Gasteiger partial charge in [-0.15, -0.1) is 0 Å². The van der Waals surface area contributed by atoms with E-state index in [9.17, 15) is 0 Å². The Labute approximate surface area is 118 Å². The lowest BCUT2D eigenvalue weighted by atomic mass is 10.2. The van der Waals surface area contributed by atoms with E-state index in [1.165, 1.54) is 0 Å². The van der Waals surface area contributed by atoms with Gasteiger partial charge in [-0.3, -0.25) is 4.68 Å². The number of nitrogens with zero attached hydrogens (tertiary/aromatic N) is 4. The van der Waals surface area contributed by atoms with Crippen LogP contribution in [-0.4, -0.2) is 45.1 Å². The summed E-state index contributed by atoms with van der Waals surface area (Å²) in [6, 6.07) is 0. The van der Waals surface area contributed by atoms with Crippen molar-refractivity contribution < 1.29 is 4.74 Å². The quantitative estimate of drug-likeness (QED) is 0.889. The zero-order valence-corrected chi connectivity index (χ0v) is 11.8. The van der Waals surface area contributed by atoms with Crippen LogP contribution < -0.4 is 5.32 Å². The fourth-order valence-electron chi connectivity index (χ4n) is 2.51. The number of hydrogen-bond donors (Lipinski definition) is 1. The molecule has 1 aliphatic heterocycles. The summed E-state index contributed by atoms with van der Waals surface area (Å²) in [7, 11) is 0. The third-order valence-electron chi connectivity index (χ3n) is 3.50. The van der Waals surface area contributed by atoms with Crippen LogP contribution in [0.25, 0.3) is 11.3 Å². The largest absolute Gasteiger partial charge is 0.374 e. The average Bonchev–Trinajstić information content (AvgIpc) is 3.09. The van der Waals surface area contributed by atoms with Gasteiger partial charge in [0.1, 0.15) is 0 Å². The zero-order chi connectivity index (χ0) is 13.8. The van der Waals surface area contributed by atoms with Crippen molar-refractivity contribution in [2.45, 2.75) is 32.5 Å². The van der Waals surface area contributed by atoms with Gasteiger partial charge >= 0.3 is 0 Å². The molecule has 108 valence electrons. The van der Waals surface area contributed by atoms with E-state index in [1.807, 2.05) is 23.4 Å². The fraction of sp³-hybridized carbons (Fsp3) is 0.571. The Morgan fingerprint density at radius 2 is 2.40 bits per heavy atom. The number of morpholine rings is 1. The van der Waals surface area contributed by atoms with Crippen molar-refractivity contribution in [3.63, 3.8) is 0 Å². The summed E-state index contributed by atoms with van der Waals surface area (Å²) in [5.74, 6) is 0. The Kier molecular flexibility index (Phi) is 4.13. The van der Waals surface area contributed by atoms with Crippen LogP contribution in [0.3, 0.4) is 0 Å². The third-order valence-corrected chi connectivity index (χ3v) is 3.50. The van der Waals surface area contributed by atoms with Crippen LogP contribution in [0.15, 0.2) is 24.9 Å². The van der Waals surface area contributed by atoms with Crippen molar-refractivity contribution in [1.82, 2.24) is 24.6 Å². The molecule has 1 unspecified atom stereocenters. The summed E-state index contributed by atoms with van der Waals surface area (Å²) >= 11 is 0. The number of ether oxygens (including phenoxy) is 1. The minimum absolute atomic E-state index is 0.211. The second kappa shape index (κ2) is 6.19. The molecule has 1 fully saturated rings. The first-order valence-corrected chi connectivity index (χ1v) is 7.22. The van der Waals surface area contributed by atoms with E-state index in [1.54, 1.807) is 0 Å². The van der Waals surface area contributed by atoms with Crippen molar-refractivity contribution >= 4 is 0 Å². The number of hydrogen-bond acceptors (Lipinski definition) is 4. The van der Waals surface area contributed by atoms with Gasteiger partial charge in [0.05, 0.1) is 43.7 Å². The molecule has 1 saturated heterocycles. The average molecular weight is 275 g/mol. The maximum Gasteiger partial charge on any atom is 0.0951 e. The lowest BCUT2D eigenvalue weighted by Gasteiger charge is -2.24. The molecule has 0 bridgehead atoms. The number of imidazole rings is 1. The van der Waals surface area contributed by atoms with Gasteiger partial charge in [0.25, 0.3) is 0 Å². The van der Waals surface area contributed by atoms with Crippen LogP contribution >= 0.6 is 0 Å². The van der Waals surface area contributed by atoms with Gasteiger partial charge in [0.2, 0.25) is 0 Å². The highest BCUT2D eigenvalue weighted by atomic mass is 16.5. The van der Waals surface area contributed by atoms with Crippen LogP contribution in [0.5, 0.6) is 0 Å². The third kappa shape index (κ3) is 2.91. The van der Waals surface area contributed by atoms with Crippen LogP contribution in [0.4, 0.5) is 0 Å². The standard InChI is InChI=1S/C14H21N5O/c1-2-4-19-9-12(6-17-19)14-8-16-11-18(14)10-13-7-15-3-5-20-13/h6,8-9,11,13,15H,2-5,7,10H2,1H3. The fourth-order valence-corrected chi connectivity index (χ4v) is 2.51. The maximum absolute atomic E-state index is 5.75. The number of nitrogens with one attached hydrogen (secondary N) is 1. The summed E-state index contributed by atoms with van der Waals surface area (Å²) in [5, 5.41) is 7.73. The van der Waals surface area contributed by atoms with Gasteiger partial charge in [0.15, 0.2) is 0 Å². The molecule has 6 nitrogen and oxygen atoms in total. The summed E-state index contributed by atoms with van der Waals surface area (Å²) in [5.41, 5.74) is 2.21.